The molecule has 0 radical (unpaired) electrons. The summed E-state index contributed by atoms with van der Waals surface area (Å²) in [6, 6.07) is 7.39. The smallest absolute Gasteiger partial charge is 0.257 e. The van der Waals surface area contributed by atoms with Gasteiger partial charge in [0, 0.05) is 25.4 Å². The quantitative estimate of drug-likeness (QED) is 0.842. The molecule has 2 aliphatic rings. The highest BCUT2D eigenvalue weighted by Crippen LogP contribution is 2.42. The molecule has 0 aliphatic carbocycles. The average molecular weight is 356 g/mol. The molecule has 0 bridgehead atoms. The number of ether oxygens (including phenoxy) is 2. The maximum atomic E-state index is 12.6. The van der Waals surface area contributed by atoms with Crippen molar-refractivity contribution >= 4 is 5.91 Å². The molecule has 0 N–H and O–H groups in total. The number of amides is 1. The Bertz CT molecular complexity index is 750. The molecule has 1 spiro atoms. The standard InChI is InChI=1S/C20H24N2O4/c1-15-17(5-11-24-15)19(23)22-9-6-20(7-10-22)12-16(26-14-20)13-25-18-4-2-3-8-21-18/h2-5,8,11,16H,6-7,9-10,12-14H2,1H3/t16-/m0/s1. The van der Waals surface area contributed by atoms with Crippen LogP contribution < -0.4 is 4.74 Å². The van der Waals surface area contributed by atoms with Crippen molar-refractivity contribution in [1.82, 2.24) is 9.88 Å². The summed E-state index contributed by atoms with van der Waals surface area (Å²) < 4.78 is 17.0. The van der Waals surface area contributed by atoms with Crippen LogP contribution in [0.3, 0.4) is 0 Å². The maximum absolute atomic E-state index is 12.6. The van der Waals surface area contributed by atoms with Gasteiger partial charge >= 0.3 is 0 Å². The van der Waals surface area contributed by atoms with Crippen molar-refractivity contribution in [2.75, 3.05) is 26.3 Å². The number of aryl methyl sites for hydroxylation is 1. The van der Waals surface area contributed by atoms with E-state index in [0.29, 0.717) is 23.8 Å². The van der Waals surface area contributed by atoms with Gasteiger partial charge in [0.2, 0.25) is 5.88 Å². The third-order valence-corrected chi connectivity index (χ3v) is 5.54. The van der Waals surface area contributed by atoms with E-state index < -0.39 is 0 Å². The number of hydrogen-bond donors (Lipinski definition) is 0. The van der Waals surface area contributed by atoms with Gasteiger partial charge in [-0.3, -0.25) is 4.79 Å². The Labute approximate surface area is 153 Å². The molecule has 2 fully saturated rings. The summed E-state index contributed by atoms with van der Waals surface area (Å²) in [6.07, 6.45) is 6.31. The minimum absolute atomic E-state index is 0.0695. The minimum Gasteiger partial charge on any atom is -0.475 e. The summed E-state index contributed by atoms with van der Waals surface area (Å²) in [7, 11) is 0. The fourth-order valence-electron chi connectivity index (χ4n) is 3.92. The number of furan rings is 1. The second-order valence-corrected chi connectivity index (χ2v) is 7.30. The summed E-state index contributed by atoms with van der Waals surface area (Å²) in [6.45, 7) is 4.63. The highest BCUT2D eigenvalue weighted by molar-refractivity contribution is 5.95. The molecule has 2 aromatic heterocycles. The molecule has 1 atom stereocenters. The van der Waals surface area contributed by atoms with Gasteiger partial charge in [0.05, 0.1) is 24.5 Å². The molecule has 138 valence electrons. The zero-order valence-electron chi connectivity index (χ0n) is 15.0. The van der Waals surface area contributed by atoms with Crippen LogP contribution >= 0.6 is 0 Å². The maximum Gasteiger partial charge on any atom is 0.257 e. The van der Waals surface area contributed by atoms with E-state index in [9.17, 15) is 4.79 Å². The third kappa shape index (κ3) is 3.46. The molecule has 6 nitrogen and oxygen atoms in total. The molecule has 4 rings (SSSR count). The number of likely N-dealkylation sites (tertiary alicyclic amines) is 1. The zero-order chi connectivity index (χ0) is 18.0. The Balaban J connectivity index is 1.29. The summed E-state index contributed by atoms with van der Waals surface area (Å²) in [5.41, 5.74) is 0.839. The molecule has 0 unspecified atom stereocenters. The van der Waals surface area contributed by atoms with Crippen LogP contribution in [0, 0.1) is 12.3 Å². The van der Waals surface area contributed by atoms with Crippen molar-refractivity contribution in [1.29, 1.82) is 0 Å². The number of piperidine rings is 1. The Kier molecular flexibility index (Phi) is 4.68. The van der Waals surface area contributed by atoms with Crippen LogP contribution in [0.15, 0.2) is 41.1 Å². The molecule has 6 heteroatoms. The van der Waals surface area contributed by atoms with E-state index >= 15 is 0 Å². The first-order chi connectivity index (χ1) is 12.7. The first-order valence-corrected chi connectivity index (χ1v) is 9.14. The van der Waals surface area contributed by atoms with Gasteiger partial charge in [-0.2, -0.15) is 0 Å². The molecule has 0 saturated carbocycles. The van der Waals surface area contributed by atoms with E-state index in [2.05, 4.69) is 4.98 Å². The summed E-state index contributed by atoms with van der Waals surface area (Å²) >= 11 is 0. The first-order valence-electron chi connectivity index (χ1n) is 9.14. The number of hydrogen-bond acceptors (Lipinski definition) is 5. The van der Waals surface area contributed by atoms with Gasteiger partial charge < -0.3 is 18.8 Å². The van der Waals surface area contributed by atoms with Crippen LogP contribution in [-0.4, -0.2) is 48.2 Å². The predicted molar refractivity (Wildman–Crippen MR) is 95.1 cm³/mol. The number of aromatic nitrogens is 1. The van der Waals surface area contributed by atoms with Crippen LogP contribution in [0.4, 0.5) is 0 Å². The van der Waals surface area contributed by atoms with Crippen molar-refractivity contribution < 1.29 is 18.7 Å². The Morgan fingerprint density at radius 2 is 2.19 bits per heavy atom. The number of rotatable bonds is 4. The first kappa shape index (κ1) is 17.1. The van der Waals surface area contributed by atoms with E-state index in [-0.39, 0.29) is 17.4 Å². The molecule has 2 aliphatic heterocycles. The van der Waals surface area contributed by atoms with Crippen LogP contribution in [-0.2, 0) is 4.74 Å². The Morgan fingerprint density at radius 3 is 2.88 bits per heavy atom. The van der Waals surface area contributed by atoms with Crippen LogP contribution in [0.25, 0.3) is 0 Å². The lowest BCUT2D eigenvalue weighted by Gasteiger charge is -2.38. The largest absolute Gasteiger partial charge is 0.475 e. The van der Waals surface area contributed by atoms with Crippen LogP contribution in [0.5, 0.6) is 5.88 Å². The minimum atomic E-state index is 0.0695. The van der Waals surface area contributed by atoms with E-state index in [1.807, 2.05) is 30.0 Å². The fraction of sp³-hybridized carbons (Fsp3) is 0.500. The second-order valence-electron chi connectivity index (χ2n) is 7.30. The lowest BCUT2D eigenvalue weighted by molar-refractivity contribution is 0.0422. The monoisotopic (exact) mass is 356 g/mol. The molecular weight excluding hydrogens is 332 g/mol. The van der Waals surface area contributed by atoms with Crippen molar-refractivity contribution in [3.8, 4) is 5.88 Å². The topological polar surface area (TPSA) is 64.8 Å². The van der Waals surface area contributed by atoms with E-state index in [4.69, 9.17) is 13.9 Å². The van der Waals surface area contributed by atoms with Gasteiger partial charge in [-0.05, 0) is 43.7 Å². The van der Waals surface area contributed by atoms with E-state index in [1.54, 1.807) is 18.5 Å². The van der Waals surface area contributed by atoms with Crippen LogP contribution in [0.1, 0.15) is 35.4 Å². The molecule has 26 heavy (non-hydrogen) atoms. The molecule has 1 amide bonds. The molecule has 0 aromatic carbocycles. The summed E-state index contributed by atoms with van der Waals surface area (Å²) in [5.74, 6) is 1.39. The lowest BCUT2D eigenvalue weighted by atomic mass is 9.76. The number of nitrogens with zero attached hydrogens (tertiary/aromatic N) is 2. The molecular formula is C20H24N2O4. The zero-order valence-corrected chi connectivity index (χ0v) is 15.0. The van der Waals surface area contributed by atoms with Gasteiger partial charge in [0.25, 0.3) is 5.91 Å². The van der Waals surface area contributed by atoms with E-state index in [0.717, 1.165) is 39.0 Å². The summed E-state index contributed by atoms with van der Waals surface area (Å²) in [4.78, 5) is 18.7. The highest BCUT2D eigenvalue weighted by atomic mass is 16.5. The lowest BCUT2D eigenvalue weighted by Crippen LogP contribution is -2.43. The van der Waals surface area contributed by atoms with Gasteiger partial charge in [-0.15, -0.1) is 0 Å². The van der Waals surface area contributed by atoms with Gasteiger partial charge in [0.1, 0.15) is 12.4 Å². The second kappa shape index (κ2) is 7.11. The van der Waals surface area contributed by atoms with Gasteiger partial charge in [0.15, 0.2) is 0 Å². The molecule has 4 heterocycles. The van der Waals surface area contributed by atoms with Crippen LogP contribution in [0.2, 0.25) is 0 Å². The Hall–Kier alpha value is -2.34. The van der Waals surface area contributed by atoms with Crippen molar-refractivity contribution in [2.24, 2.45) is 5.41 Å². The van der Waals surface area contributed by atoms with E-state index in [1.165, 1.54) is 0 Å². The fourth-order valence-corrected chi connectivity index (χ4v) is 3.92. The third-order valence-electron chi connectivity index (χ3n) is 5.54. The van der Waals surface area contributed by atoms with Crippen molar-refractivity contribution in [3.63, 3.8) is 0 Å². The number of pyridine rings is 1. The summed E-state index contributed by atoms with van der Waals surface area (Å²) in [5, 5.41) is 0. The number of carbonyl (C=O) groups is 1. The average Bonchev–Trinajstić information content (AvgIpc) is 3.27. The van der Waals surface area contributed by atoms with Gasteiger partial charge in [-0.1, -0.05) is 6.07 Å². The SMILES string of the molecule is Cc1occc1C(=O)N1CCC2(CC1)CO[C@H](COc1ccccn1)C2. The Morgan fingerprint density at radius 1 is 1.35 bits per heavy atom. The predicted octanol–water partition coefficient (Wildman–Crippen LogP) is 3.07. The molecule has 2 aromatic rings. The van der Waals surface area contributed by atoms with Crippen molar-refractivity contribution in [3.05, 3.63) is 48.0 Å². The molecule has 2 saturated heterocycles. The normalized spacial score (nSPS) is 21.9. The van der Waals surface area contributed by atoms with Crippen molar-refractivity contribution in [2.45, 2.75) is 32.3 Å². The van der Waals surface area contributed by atoms with Gasteiger partial charge in [-0.25, -0.2) is 4.98 Å². The number of carbonyl (C=O) groups excluding carboxylic acids is 1. The highest BCUT2D eigenvalue weighted by Gasteiger charge is 2.43.